The summed E-state index contributed by atoms with van der Waals surface area (Å²) in [6, 6.07) is 3.37. The van der Waals surface area contributed by atoms with Crippen LogP contribution in [0.25, 0.3) is 11.6 Å². The summed E-state index contributed by atoms with van der Waals surface area (Å²) in [5, 5.41) is 5.93. The summed E-state index contributed by atoms with van der Waals surface area (Å²) >= 11 is 13.2. The second kappa shape index (κ2) is 10.6. The highest BCUT2D eigenvalue weighted by atomic mass is 35.5. The van der Waals surface area contributed by atoms with Gasteiger partial charge in [0.2, 0.25) is 11.9 Å². The highest BCUT2D eigenvalue weighted by Crippen LogP contribution is 2.45. The Labute approximate surface area is 221 Å². The molecule has 1 amide bonds. The lowest BCUT2D eigenvalue weighted by Crippen LogP contribution is -2.25. The summed E-state index contributed by atoms with van der Waals surface area (Å²) < 4.78 is 38.5. The number of hydrogen-bond acceptors (Lipinski definition) is 7. The molecule has 0 saturated carbocycles. The van der Waals surface area contributed by atoms with Crippen LogP contribution in [0.2, 0.25) is 10.0 Å². The molecule has 8 nitrogen and oxygen atoms in total. The van der Waals surface area contributed by atoms with Gasteiger partial charge in [0.1, 0.15) is 17.3 Å². The molecule has 2 N–H and O–H groups in total. The molecule has 1 aliphatic heterocycles. The summed E-state index contributed by atoms with van der Waals surface area (Å²) in [6.07, 6.45) is 4.41. The monoisotopic (exact) mass is 547 g/mol. The molecular weight excluding hydrogens is 527 g/mol. The van der Waals surface area contributed by atoms with Gasteiger partial charge < -0.3 is 25.0 Å². The predicted octanol–water partition coefficient (Wildman–Crippen LogP) is 5.94. The zero-order valence-electron chi connectivity index (χ0n) is 20.0. The smallest absolute Gasteiger partial charge is 0.247 e. The van der Waals surface area contributed by atoms with Crippen molar-refractivity contribution in [2.45, 2.75) is 0 Å². The van der Waals surface area contributed by atoms with Gasteiger partial charge in [-0.3, -0.25) is 4.79 Å². The van der Waals surface area contributed by atoms with Crippen LogP contribution in [0.15, 0.2) is 37.1 Å². The molecule has 4 rings (SSSR count). The van der Waals surface area contributed by atoms with Gasteiger partial charge in [-0.2, -0.15) is 4.98 Å². The number of likely N-dealkylation sites (N-methyl/N-ethyl adjacent to an activating group) is 1. The fourth-order valence-electron chi connectivity index (χ4n) is 3.79. The molecule has 37 heavy (non-hydrogen) atoms. The number of fused-ring (bicyclic) bond motifs is 1. The molecule has 0 atom stereocenters. The largest absolute Gasteiger partial charge is 0.495 e. The van der Waals surface area contributed by atoms with E-state index >= 15 is 0 Å². The third-order valence-electron chi connectivity index (χ3n) is 5.54. The summed E-state index contributed by atoms with van der Waals surface area (Å²) in [6.45, 7) is 3.74. The molecule has 0 saturated heterocycles. The molecule has 12 heteroatoms. The fourth-order valence-corrected chi connectivity index (χ4v) is 4.53. The van der Waals surface area contributed by atoms with Crippen LogP contribution in [-0.2, 0) is 4.79 Å². The molecule has 3 aromatic rings. The molecular formula is C25H21Cl2F2N5O3. The first-order valence-electron chi connectivity index (χ1n) is 10.7. The second-order valence-corrected chi connectivity index (χ2v) is 8.67. The minimum absolute atomic E-state index is 0.00286. The Kier molecular flexibility index (Phi) is 7.51. The van der Waals surface area contributed by atoms with Gasteiger partial charge in [0.05, 0.1) is 35.6 Å². The Morgan fingerprint density at radius 3 is 2.32 bits per heavy atom. The molecule has 0 unspecified atom stereocenters. The quantitative estimate of drug-likeness (QED) is 0.354. The second-order valence-electron chi connectivity index (χ2n) is 7.91. The van der Waals surface area contributed by atoms with Gasteiger partial charge in [-0.15, -0.1) is 0 Å². The van der Waals surface area contributed by atoms with Crippen LogP contribution < -0.4 is 25.0 Å². The van der Waals surface area contributed by atoms with E-state index in [0.717, 1.165) is 23.8 Å². The minimum atomic E-state index is -1.12. The van der Waals surface area contributed by atoms with Crippen molar-refractivity contribution in [3.8, 4) is 11.5 Å². The zero-order chi connectivity index (χ0) is 26.9. The summed E-state index contributed by atoms with van der Waals surface area (Å²) in [5.41, 5.74) is 2.06. The van der Waals surface area contributed by atoms with E-state index in [1.807, 2.05) is 18.0 Å². The molecule has 1 aromatic heterocycles. The number of carbonyl (C=O) groups is 1. The number of carbonyl (C=O) groups excluding carboxylic acids is 1. The van der Waals surface area contributed by atoms with Crippen molar-refractivity contribution in [2.75, 3.05) is 43.3 Å². The molecule has 0 fully saturated rings. The first kappa shape index (κ1) is 26.2. The van der Waals surface area contributed by atoms with Gasteiger partial charge in [-0.05, 0) is 17.7 Å². The number of methoxy groups -OCH3 is 2. The van der Waals surface area contributed by atoms with Crippen molar-refractivity contribution in [1.29, 1.82) is 0 Å². The van der Waals surface area contributed by atoms with Gasteiger partial charge in [-0.1, -0.05) is 29.8 Å². The van der Waals surface area contributed by atoms with E-state index in [0.29, 0.717) is 45.0 Å². The van der Waals surface area contributed by atoms with Gasteiger partial charge >= 0.3 is 0 Å². The highest BCUT2D eigenvalue weighted by Gasteiger charge is 2.25. The van der Waals surface area contributed by atoms with Crippen molar-refractivity contribution in [2.24, 2.45) is 0 Å². The van der Waals surface area contributed by atoms with E-state index in [2.05, 4.69) is 27.2 Å². The van der Waals surface area contributed by atoms with E-state index < -0.39 is 17.5 Å². The molecule has 0 aliphatic carbocycles. The molecule has 2 heterocycles. The molecule has 0 bridgehead atoms. The third-order valence-corrected chi connectivity index (χ3v) is 6.29. The lowest BCUT2D eigenvalue weighted by molar-refractivity contribution is -0.111. The number of hydrogen-bond donors (Lipinski definition) is 2. The number of nitrogens with one attached hydrogen (secondary N) is 2. The lowest BCUT2D eigenvalue weighted by Gasteiger charge is -2.28. The van der Waals surface area contributed by atoms with E-state index in [9.17, 15) is 13.6 Å². The van der Waals surface area contributed by atoms with Crippen molar-refractivity contribution < 1.29 is 23.0 Å². The Morgan fingerprint density at radius 2 is 1.73 bits per heavy atom. The first-order valence-corrected chi connectivity index (χ1v) is 11.5. The first-order chi connectivity index (χ1) is 17.7. The topological polar surface area (TPSA) is 88.6 Å². The van der Waals surface area contributed by atoms with E-state index in [1.165, 1.54) is 14.2 Å². The Morgan fingerprint density at radius 1 is 1.11 bits per heavy atom. The van der Waals surface area contributed by atoms with Crippen LogP contribution in [-0.4, -0.2) is 43.7 Å². The molecule has 0 radical (unpaired) electrons. The van der Waals surface area contributed by atoms with Gasteiger partial charge in [0.25, 0.3) is 0 Å². The number of anilines is 4. The SMILES string of the molecule is C=CC(=O)Nc1cc(F)c(F)cc1Nc1ncc2c(n1)N(C)CC(c1c(Cl)c(OC)cc(OC)c1Cl)=C2. The Balaban J connectivity index is 1.72. The average Bonchev–Trinajstić information content (AvgIpc) is 2.87. The van der Waals surface area contributed by atoms with Gasteiger partial charge in [-0.25, -0.2) is 13.8 Å². The molecule has 2 aromatic carbocycles. The number of aromatic nitrogens is 2. The van der Waals surface area contributed by atoms with Crippen molar-refractivity contribution in [1.82, 2.24) is 9.97 Å². The van der Waals surface area contributed by atoms with Crippen LogP contribution in [0.3, 0.4) is 0 Å². The maximum Gasteiger partial charge on any atom is 0.247 e. The number of amides is 1. The van der Waals surface area contributed by atoms with Gasteiger partial charge in [0.15, 0.2) is 11.6 Å². The van der Waals surface area contributed by atoms with Crippen molar-refractivity contribution in [3.63, 3.8) is 0 Å². The van der Waals surface area contributed by atoms with Crippen molar-refractivity contribution >= 4 is 63.9 Å². The predicted molar refractivity (Wildman–Crippen MR) is 141 cm³/mol. The number of benzene rings is 2. The summed E-state index contributed by atoms with van der Waals surface area (Å²) in [4.78, 5) is 22.4. The standard InChI is InChI=1S/C25H21Cl2F2N5O3/c1-5-20(35)31-16-7-14(28)15(29)8-17(16)32-25-30-10-12-6-13(11-34(2)24(12)33-25)21-22(26)18(36-3)9-19(37-4)23(21)27/h5-10H,1,11H2,2-4H3,(H,31,35)(H,30,32,33). The third kappa shape index (κ3) is 5.16. The van der Waals surface area contributed by atoms with Crippen LogP contribution in [0.4, 0.5) is 31.9 Å². The van der Waals surface area contributed by atoms with Crippen LogP contribution in [0.1, 0.15) is 11.1 Å². The van der Waals surface area contributed by atoms with E-state index in [-0.39, 0.29) is 17.3 Å². The maximum absolute atomic E-state index is 14.0. The molecule has 192 valence electrons. The molecule has 0 spiro atoms. The summed E-state index contributed by atoms with van der Waals surface area (Å²) in [5.74, 6) is -1.35. The zero-order valence-corrected chi connectivity index (χ0v) is 21.5. The number of rotatable bonds is 7. The van der Waals surface area contributed by atoms with E-state index in [4.69, 9.17) is 32.7 Å². The number of ether oxygens (including phenoxy) is 2. The Hall–Kier alpha value is -3.89. The van der Waals surface area contributed by atoms with Gasteiger partial charge in [0, 0.05) is 49.1 Å². The van der Waals surface area contributed by atoms with Crippen LogP contribution >= 0.6 is 23.2 Å². The average molecular weight is 548 g/mol. The number of halogens is 4. The van der Waals surface area contributed by atoms with Crippen molar-refractivity contribution in [3.05, 3.63) is 69.9 Å². The van der Waals surface area contributed by atoms with Crippen LogP contribution in [0.5, 0.6) is 11.5 Å². The van der Waals surface area contributed by atoms with E-state index in [1.54, 1.807) is 12.3 Å². The normalized spacial score (nSPS) is 12.4. The fraction of sp³-hybridized carbons (Fsp3) is 0.160. The Bertz CT molecular complexity index is 1420. The number of nitrogens with zero attached hydrogens (tertiary/aromatic N) is 3. The highest BCUT2D eigenvalue weighted by molar-refractivity contribution is 6.39. The minimum Gasteiger partial charge on any atom is -0.495 e. The lowest BCUT2D eigenvalue weighted by atomic mass is 9.99. The maximum atomic E-state index is 14.0. The summed E-state index contributed by atoms with van der Waals surface area (Å²) in [7, 11) is 4.81. The molecule has 1 aliphatic rings. The van der Waals surface area contributed by atoms with Crippen LogP contribution in [0, 0.1) is 11.6 Å².